The third-order valence-corrected chi connectivity index (χ3v) is 1.59. The molecule has 62 valence electrons. The number of hydrogen-bond donors (Lipinski definition) is 1. The molecule has 4 nitrogen and oxygen atoms in total. The first-order valence-corrected chi connectivity index (χ1v) is 3.68. The van der Waals surface area contributed by atoms with Crippen molar-refractivity contribution < 1.29 is 5.11 Å². The zero-order valence-electron chi connectivity index (χ0n) is 7.07. The van der Waals surface area contributed by atoms with Crippen molar-refractivity contribution in [3.63, 3.8) is 0 Å². The summed E-state index contributed by atoms with van der Waals surface area (Å²) in [6.07, 6.45) is 0. The summed E-state index contributed by atoms with van der Waals surface area (Å²) in [6, 6.07) is 0.312. The van der Waals surface area contributed by atoms with Crippen LogP contribution in [-0.4, -0.2) is 19.9 Å². The summed E-state index contributed by atoms with van der Waals surface area (Å²) >= 11 is 0. The lowest BCUT2D eigenvalue weighted by Crippen LogP contribution is -2.07. The Morgan fingerprint density at radius 2 is 2.09 bits per heavy atom. The van der Waals surface area contributed by atoms with Gasteiger partial charge in [0.15, 0.2) is 5.82 Å². The largest absolute Gasteiger partial charge is 0.388 e. The van der Waals surface area contributed by atoms with E-state index in [2.05, 4.69) is 10.2 Å². The Hall–Kier alpha value is -0.900. The van der Waals surface area contributed by atoms with Crippen molar-refractivity contribution in [1.82, 2.24) is 14.8 Å². The Balaban J connectivity index is 3.07. The molecule has 0 fully saturated rings. The maximum atomic E-state index is 8.86. The fourth-order valence-corrected chi connectivity index (χ4v) is 1.19. The van der Waals surface area contributed by atoms with E-state index in [4.69, 9.17) is 5.11 Å². The summed E-state index contributed by atoms with van der Waals surface area (Å²) in [4.78, 5) is 0. The van der Waals surface area contributed by atoms with Gasteiger partial charge in [-0.3, -0.25) is 0 Å². The minimum absolute atomic E-state index is 0.0426. The van der Waals surface area contributed by atoms with Crippen molar-refractivity contribution in [2.45, 2.75) is 33.4 Å². The van der Waals surface area contributed by atoms with Gasteiger partial charge in [0.25, 0.3) is 0 Å². The van der Waals surface area contributed by atoms with Crippen LogP contribution in [0, 0.1) is 6.92 Å². The van der Waals surface area contributed by atoms with Gasteiger partial charge in [0.1, 0.15) is 12.4 Å². The van der Waals surface area contributed by atoms with E-state index in [0.29, 0.717) is 11.9 Å². The van der Waals surface area contributed by atoms with Crippen molar-refractivity contribution in [2.24, 2.45) is 0 Å². The molecule has 0 amide bonds. The summed E-state index contributed by atoms with van der Waals surface area (Å²) in [7, 11) is 0. The molecule has 0 bridgehead atoms. The lowest BCUT2D eigenvalue weighted by molar-refractivity contribution is 0.261. The Labute approximate surface area is 65.9 Å². The van der Waals surface area contributed by atoms with Gasteiger partial charge in [-0.15, -0.1) is 10.2 Å². The molecule has 1 aromatic heterocycles. The number of aliphatic hydroxyl groups is 1. The molecule has 1 heterocycles. The van der Waals surface area contributed by atoms with Crippen molar-refractivity contribution in [3.05, 3.63) is 11.6 Å². The summed E-state index contributed by atoms with van der Waals surface area (Å²) in [6.45, 7) is 5.91. The molecule has 0 aliphatic rings. The number of rotatable bonds is 2. The molecular formula is C7H13N3O. The Morgan fingerprint density at radius 3 is 2.45 bits per heavy atom. The second-order valence-corrected chi connectivity index (χ2v) is 2.79. The van der Waals surface area contributed by atoms with Crippen LogP contribution in [0.2, 0.25) is 0 Å². The first-order valence-electron chi connectivity index (χ1n) is 3.68. The topological polar surface area (TPSA) is 50.9 Å². The van der Waals surface area contributed by atoms with Crippen LogP contribution in [0.5, 0.6) is 0 Å². The average molecular weight is 155 g/mol. The second-order valence-electron chi connectivity index (χ2n) is 2.79. The van der Waals surface area contributed by atoms with Gasteiger partial charge in [-0.05, 0) is 20.8 Å². The summed E-state index contributed by atoms with van der Waals surface area (Å²) < 4.78 is 1.92. The summed E-state index contributed by atoms with van der Waals surface area (Å²) in [5.74, 6) is 1.49. The van der Waals surface area contributed by atoms with Crippen molar-refractivity contribution in [3.8, 4) is 0 Å². The molecule has 1 N–H and O–H groups in total. The van der Waals surface area contributed by atoms with Gasteiger partial charge in [-0.1, -0.05) is 0 Å². The quantitative estimate of drug-likeness (QED) is 0.682. The van der Waals surface area contributed by atoms with Crippen LogP contribution in [0.1, 0.15) is 31.5 Å². The highest BCUT2D eigenvalue weighted by Gasteiger charge is 2.09. The maximum Gasteiger partial charge on any atom is 0.159 e. The van der Waals surface area contributed by atoms with Crippen molar-refractivity contribution >= 4 is 0 Å². The molecule has 1 rings (SSSR count). The van der Waals surface area contributed by atoms with Crippen LogP contribution in [0.25, 0.3) is 0 Å². The maximum absolute atomic E-state index is 8.86. The number of hydrogen-bond acceptors (Lipinski definition) is 3. The Kier molecular flexibility index (Phi) is 2.24. The second kappa shape index (κ2) is 3.00. The molecule has 0 aliphatic heterocycles. The van der Waals surface area contributed by atoms with Gasteiger partial charge in [-0.25, -0.2) is 0 Å². The van der Waals surface area contributed by atoms with Crippen LogP contribution in [-0.2, 0) is 6.61 Å². The minimum atomic E-state index is -0.0426. The fraction of sp³-hybridized carbons (Fsp3) is 0.714. The van der Waals surface area contributed by atoms with E-state index in [-0.39, 0.29) is 6.61 Å². The van der Waals surface area contributed by atoms with Gasteiger partial charge >= 0.3 is 0 Å². The lowest BCUT2D eigenvalue weighted by Gasteiger charge is -2.10. The first-order chi connectivity index (χ1) is 5.16. The monoisotopic (exact) mass is 155 g/mol. The predicted molar refractivity (Wildman–Crippen MR) is 41.1 cm³/mol. The summed E-state index contributed by atoms with van der Waals surface area (Å²) in [5, 5.41) is 16.5. The molecular weight excluding hydrogens is 142 g/mol. The van der Waals surface area contributed by atoms with Gasteiger partial charge in [0, 0.05) is 6.04 Å². The molecule has 0 aromatic carbocycles. The smallest absolute Gasteiger partial charge is 0.159 e. The van der Waals surface area contributed by atoms with Crippen LogP contribution in [0.15, 0.2) is 0 Å². The van der Waals surface area contributed by atoms with E-state index in [0.717, 1.165) is 5.82 Å². The van der Waals surface area contributed by atoms with Crippen LogP contribution >= 0.6 is 0 Å². The number of aromatic nitrogens is 3. The number of aliphatic hydroxyl groups excluding tert-OH is 1. The molecule has 0 saturated heterocycles. The normalized spacial score (nSPS) is 11.0. The van der Waals surface area contributed by atoms with Crippen molar-refractivity contribution in [1.29, 1.82) is 0 Å². The SMILES string of the molecule is Cc1nnc(CO)n1C(C)C. The summed E-state index contributed by atoms with van der Waals surface area (Å²) in [5.41, 5.74) is 0. The third kappa shape index (κ3) is 1.40. The fourth-order valence-electron chi connectivity index (χ4n) is 1.19. The molecule has 0 aliphatic carbocycles. The number of aryl methyl sites for hydroxylation is 1. The highest BCUT2D eigenvalue weighted by Crippen LogP contribution is 2.09. The standard InChI is InChI=1S/C7H13N3O/c1-5(2)10-6(3)8-9-7(10)4-11/h5,11H,4H2,1-3H3. The van der Waals surface area contributed by atoms with E-state index in [1.807, 2.05) is 25.3 Å². The molecule has 0 spiro atoms. The third-order valence-electron chi connectivity index (χ3n) is 1.59. The predicted octanol–water partition coefficient (Wildman–Crippen LogP) is 0.660. The van der Waals surface area contributed by atoms with Gasteiger partial charge < -0.3 is 9.67 Å². The highest BCUT2D eigenvalue weighted by molar-refractivity contribution is 4.94. The molecule has 11 heavy (non-hydrogen) atoms. The van der Waals surface area contributed by atoms with E-state index < -0.39 is 0 Å². The van der Waals surface area contributed by atoms with E-state index in [1.54, 1.807) is 0 Å². The van der Waals surface area contributed by atoms with Crippen LogP contribution in [0.4, 0.5) is 0 Å². The lowest BCUT2D eigenvalue weighted by atomic mass is 10.3. The Morgan fingerprint density at radius 1 is 1.45 bits per heavy atom. The molecule has 0 unspecified atom stereocenters. The van der Waals surface area contributed by atoms with Gasteiger partial charge in [0.2, 0.25) is 0 Å². The molecule has 0 radical (unpaired) electrons. The average Bonchev–Trinajstić information content (AvgIpc) is 2.30. The molecule has 0 saturated carbocycles. The number of nitrogens with zero attached hydrogens (tertiary/aromatic N) is 3. The van der Waals surface area contributed by atoms with E-state index >= 15 is 0 Å². The van der Waals surface area contributed by atoms with E-state index in [1.165, 1.54) is 0 Å². The zero-order valence-corrected chi connectivity index (χ0v) is 7.07. The van der Waals surface area contributed by atoms with Crippen LogP contribution in [0.3, 0.4) is 0 Å². The molecule has 1 aromatic rings. The zero-order chi connectivity index (χ0) is 8.43. The van der Waals surface area contributed by atoms with Gasteiger partial charge in [-0.2, -0.15) is 0 Å². The highest BCUT2D eigenvalue weighted by atomic mass is 16.3. The van der Waals surface area contributed by atoms with Crippen molar-refractivity contribution in [2.75, 3.05) is 0 Å². The Bertz CT molecular complexity index is 242. The minimum Gasteiger partial charge on any atom is -0.388 e. The molecule has 4 heteroatoms. The van der Waals surface area contributed by atoms with Gasteiger partial charge in [0.05, 0.1) is 0 Å². The molecule has 0 atom stereocenters. The van der Waals surface area contributed by atoms with E-state index in [9.17, 15) is 0 Å². The first kappa shape index (κ1) is 8.20. The van der Waals surface area contributed by atoms with Crippen LogP contribution < -0.4 is 0 Å².